The first kappa shape index (κ1) is 36.4. The van der Waals surface area contributed by atoms with E-state index in [4.69, 9.17) is 42.1 Å². The van der Waals surface area contributed by atoms with Gasteiger partial charge in [-0.2, -0.15) is 19.6 Å². The van der Waals surface area contributed by atoms with Gasteiger partial charge in [0.2, 0.25) is 0 Å². The standard InChI is InChI=1S/C35H46Cl2N8O8/c36-29-25(17-38-44(31(29)46)27-5-1-3-11-50-27)42-9-7-23(19-42)52-33(48)40-21-13-35(14-21)15-22(16-35)41-34(49)53-24-8-10-43(20-24)26-18-39-45(32(47)30(26)37)28-6-2-4-12-51-28/h17-18,21-24,27-28H,1-16,19-20H2,(H,40,48)(H,41,49)/t21?,22?,23-,24-,27?,28?,35?/m1/s1. The van der Waals surface area contributed by atoms with Gasteiger partial charge in [-0.05, 0) is 69.6 Å². The number of hydrogen-bond donors (Lipinski definition) is 2. The van der Waals surface area contributed by atoms with E-state index in [1.54, 1.807) is 12.4 Å². The summed E-state index contributed by atoms with van der Waals surface area (Å²) in [6, 6.07) is 0.0356. The highest BCUT2D eigenvalue weighted by molar-refractivity contribution is 6.33. The molecule has 2 aromatic rings. The van der Waals surface area contributed by atoms with Crippen molar-refractivity contribution in [1.82, 2.24) is 30.2 Å². The average molecular weight is 778 g/mol. The van der Waals surface area contributed by atoms with Crippen LogP contribution in [0.15, 0.2) is 22.0 Å². The third-order valence-corrected chi connectivity index (χ3v) is 12.3. The van der Waals surface area contributed by atoms with E-state index in [-0.39, 0.29) is 50.9 Å². The van der Waals surface area contributed by atoms with E-state index in [0.29, 0.717) is 63.6 Å². The number of carbonyl (C=O) groups is 2. The molecule has 0 aromatic carbocycles. The predicted molar refractivity (Wildman–Crippen MR) is 194 cm³/mol. The molecule has 6 aliphatic rings. The second-order valence-corrected chi connectivity index (χ2v) is 16.1. The first-order valence-electron chi connectivity index (χ1n) is 18.9. The number of rotatable bonds is 8. The van der Waals surface area contributed by atoms with Crippen molar-refractivity contribution in [3.8, 4) is 0 Å². The normalized spacial score (nSPS) is 31.1. The Balaban J connectivity index is 0.730. The van der Waals surface area contributed by atoms with Gasteiger partial charge in [0.1, 0.15) is 22.3 Å². The summed E-state index contributed by atoms with van der Waals surface area (Å²) in [5, 5.41) is 14.8. The summed E-state index contributed by atoms with van der Waals surface area (Å²) in [7, 11) is 0. The minimum atomic E-state index is -0.453. The van der Waals surface area contributed by atoms with Crippen LogP contribution in [0.1, 0.15) is 89.5 Å². The number of nitrogens with zero attached hydrogens (tertiary/aromatic N) is 6. The van der Waals surface area contributed by atoms with E-state index in [1.165, 1.54) is 9.36 Å². The number of ether oxygens (including phenoxy) is 4. The number of hydrogen-bond acceptors (Lipinski definition) is 12. The Kier molecular flexibility index (Phi) is 10.5. The Labute approximate surface area is 316 Å². The van der Waals surface area contributed by atoms with Crippen LogP contribution in [-0.2, 0) is 18.9 Å². The zero-order chi connectivity index (χ0) is 36.7. The molecule has 2 aliphatic carbocycles. The summed E-state index contributed by atoms with van der Waals surface area (Å²) in [5.74, 6) is 0. The van der Waals surface area contributed by atoms with Gasteiger partial charge in [-0.25, -0.2) is 9.59 Å². The highest BCUT2D eigenvalue weighted by Crippen LogP contribution is 2.56. The molecular formula is C35H46Cl2N8O8. The van der Waals surface area contributed by atoms with Crippen LogP contribution in [0.3, 0.4) is 0 Å². The minimum Gasteiger partial charge on any atom is -0.444 e. The Morgan fingerprint density at radius 3 is 1.53 bits per heavy atom. The molecule has 2 amide bonds. The largest absolute Gasteiger partial charge is 0.444 e. The highest BCUT2D eigenvalue weighted by atomic mass is 35.5. The third kappa shape index (κ3) is 7.69. The second kappa shape index (κ2) is 15.3. The molecule has 1 spiro atoms. The molecule has 18 heteroatoms. The Hall–Kier alpha value is -3.60. The monoisotopic (exact) mass is 776 g/mol. The number of nitrogens with one attached hydrogen (secondary N) is 2. The van der Waals surface area contributed by atoms with Crippen LogP contribution in [0.4, 0.5) is 21.0 Å². The average Bonchev–Trinajstić information content (AvgIpc) is 3.79. The Morgan fingerprint density at radius 2 is 1.13 bits per heavy atom. The molecule has 0 radical (unpaired) electrons. The van der Waals surface area contributed by atoms with Crippen LogP contribution in [0.2, 0.25) is 10.0 Å². The summed E-state index contributed by atoms with van der Waals surface area (Å²) >= 11 is 13.0. The first-order valence-corrected chi connectivity index (χ1v) is 19.6. The molecule has 4 atom stereocenters. The van der Waals surface area contributed by atoms with E-state index in [0.717, 1.165) is 64.2 Å². The lowest BCUT2D eigenvalue weighted by atomic mass is 9.52. The molecule has 53 heavy (non-hydrogen) atoms. The van der Waals surface area contributed by atoms with Gasteiger partial charge in [0.15, 0.2) is 12.5 Å². The van der Waals surface area contributed by atoms with Crippen molar-refractivity contribution < 1.29 is 28.5 Å². The molecule has 0 bridgehead atoms. The summed E-state index contributed by atoms with van der Waals surface area (Å²) in [4.78, 5) is 55.2. The van der Waals surface area contributed by atoms with Gasteiger partial charge in [-0.3, -0.25) is 9.59 Å². The van der Waals surface area contributed by atoms with Crippen molar-refractivity contribution in [2.45, 2.75) is 114 Å². The van der Waals surface area contributed by atoms with E-state index in [2.05, 4.69) is 20.8 Å². The van der Waals surface area contributed by atoms with Crippen molar-refractivity contribution in [3.05, 3.63) is 43.1 Å². The molecule has 2 saturated carbocycles. The molecule has 6 heterocycles. The van der Waals surface area contributed by atoms with Crippen LogP contribution in [0.25, 0.3) is 0 Å². The van der Waals surface area contributed by atoms with Gasteiger partial charge in [0.05, 0.1) is 36.9 Å². The molecular weight excluding hydrogens is 731 g/mol. The maximum absolute atomic E-state index is 12.9. The number of aromatic nitrogens is 4. The van der Waals surface area contributed by atoms with Gasteiger partial charge in [-0.1, -0.05) is 23.2 Å². The molecule has 8 rings (SSSR count). The number of alkyl carbamates (subject to hydrolysis) is 2. The molecule has 288 valence electrons. The second-order valence-electron chi connectivity index (χ2n) is 15.4. The van der Waals surface area contributed by atoms with Gasteiger partial charge >= 0.3 is 12.2 Å². The van der Waals surface area contributed by atoms with Crippen LogP contribution < -0.4 is 31.6 Å². The number of anilines is 2. The zero-order valence-corrected chi connectivity index (χ0v) is 31.1. The molecule has 2 N–H and O–H groups in total. The van der Waals surface area contributed by atoms with Crippen LogP contribution in [0.5, 0.6) is 0 Å². The molecule has 6 fully saturated rings. The van der Waals surface area contributed by atoms with Gasteiger partial charge in [-0.15, -0.1) is 0 Å². The number of halogens is 2. The smallest absolute Gasteiger partial charge is 0.407 e. The summed E-state index contributed by atoms with van der Waals surface area (Å²) in [6.07, 6.45) is 10.7. The molecule has 16 nitrogen and oxygen atoms in total. The maximum Gasteiger partial charge on any atom is 0.407 e. The molecule has 4 saturated heterocycles. The topological polar surface area (TPSA) is 171 Å². The van der Waals surface area contributed by atoms with E-state index in [1.807, 2.05) is 9.80 Å². The third-order valence-electron chi connectivity index (χ3n) is 11.6. The fourth-order valence-electron chi connectivity index (χ4n) is 8.86. The summed E-state index contributed by atoms with van der Waals surface area (Å²) < 4.78 is 25.5. The quantitative estimate of drug-likeness (QED) is 0.394. The first-order chi connectivity index (χ1) is 25.6. The summed E-state index contributed by atoms with van der Waals surface area (Å²) in [5.41, 5.74) is 0.406. The lowest BCUT2D eigenvalue weighted by molar-refractivity contribution is -0.0425. The lowest BCUT2D eigenvalue weighted by Crippen LogP contribution is -2.61. The lowest BCUT2D eigenvalue weighted by Gasteiger charge is -2.57. The minimum absolute atomic E-state index is 0.0178. The molecule has 2 aromatic heterocycles. The van der Waals surface area contributed by atoms with Gasteiger partial charge in [0, 0.05) is 51.2 Å². The molecule has 2 unspecified atom stereocenters. The zero-order valence-electron chi connectivity index (χ0n) is 29.6. The van der Waals surface area contributed by atoms with Crippen LogP contribution >= 0.6 is 23.2 Å². The SMILES string of the molecule is O=C(NC1CC2(C1)CC(NC(=O)O[C@@H]1CCN(c3cnn(C4CCCCO4)c(=O)c3Cl)C1)C2)O[C@@H]1CCN(c2cnn(C3CCCCO3)c(=O)c2Cl)C1. The number of carbonyl (C=O) groups excluding carboxylic acids is 2. The van der Waals surface area contributed by atoms with Gasteiger partial charge < -0.3 is 39.4 Å². The van der Waals surface area contributed by atoms with Crippen molar-refractivity contribution in [1.29, 1.82) is 0 Å². The van der Waals surface area contributed by atoms with Crippen LogP contribution in [0, 0.1) is 5.41 Å². The summed E-state index contributed by atoms with van der Waals surface area (Å²) in [6.45, 7) is 3.20. The maximum atomic E-state index is 12.9. The van der Waals surface area contributed by atoms with E-state index in [9.17, 15) is 19.2 Å². The van der Waals surface area contributed by atoms with E-state index < -0.39 is 24.6 Å². The van der Waals surface area contributed by atoms with Crippen LogP contribution in [-0.4, -0.2) is 95.4 Å². The van der Waals surface area contributed by atoms with Crippen molar-refractivity contribution in [2.24, 2.45) is 5.41 Å². The number of amides is 2. The molecule has 4 aliphatic heterocycles. The highest BCUT2D eigenvalue weighted by Gasteiger charge is 2.54. The fraction of sp³-hybridized carbons (Fsp3) is 0.714. The van der Waals surface area contributed by atoms with Crippen molar-refractivity contribution in [3.63, 3.8) is 0 Å². The van der Waals surface area contributed by atoms with Crippen molar-refractivity contribution >= 4 is 46.8 Å². The Morgan fingerprint density at radius 1 is 0.698 bits per heavy atom. The predicted octanol–water partition coefficient (Wildman–Crippen LogP) is 4.13. The van der Waals surface area contributed by atoms with Crippen molar-refractivity contribution in [2.75, 3.05) is 49.2 Å². The fourth-order valence-corrected chi connectivity index (χ4v) is 9.37. The van der Waals surface area contributed by atoms with E-state index >= 15 is 0 Å². The Bertz CT molecular complexity index is 1670. The van der Waals surface area contributed by atoms with Gasteiger partial charge in [0.25, 0.3) is 11.1 Å².